The smallest absolute Gasteiger partial charge is 0.341 e. The molecule has 0 N–H and O–H groups in total. The Morgan fingerprint density at radius 3 is 2.38 bits per heavy atom. The molecule has 0 radical (unpaired) electrons. The summed E-state index contributed by atoms with van der Waals surface area (Å²) < 4.78 is 5.16. The zero-order valence-corrected chi connectivity index (χ0v) is 17.5. The van der Waals surface area contributed by atoms with Crippen molar-refractivity contribution >= 4 is 62.9 Å². The van der Waals surface area contributed by atoms with Gasteiger partial charge >= 0.3 is 12.0 Å². The van der Waals surface area contributed by atoms with Gasteiger partial charge in [-0.1, -0.05) is 55.8 Å². The first-order valence-corrected chi connectivity index (χ1v) is 13.7. The first-order chi connectivity index (χ1) is 11.4. The number of hydrogen-bond acceptors (Lipinski definition) is 2. The third-order valence-corrected chi connectivity index (χ3v) is 6.22. The molecule has 0 spiro atoms. The molecule has 24 heavy (non-hydrogen) atoms. The monoisotopic (exact) mass is 426 g/mol. The molecule has 0 fully saturated rings. The molecule has 0 aliphatic heterocycles. The fourth-order valence-electron chi connectivity index (χ4n) is 2.13. The fourth-order valence-corrected chi connectivity index (χ4v) is 4.18. The third kappa shape index (κ3) is 12.2. The van der Waals surface area contributed by atoms with E-state index in [4.69, 9.17) is 49.6 Å². The normalized spacial score (nSPS) is 11.8. The van der Waals surface area contributed by atoms with Crippen LogP contribution in [0.3, 0.4) is 0 Å². The molecule has 0 unspecified atom stereocenters. The maximum absolute atomic E-state index is 11.6. The van der Waals surface area contributed by atoms with Gasteiger partial charge < -0.3 is 4.74 Å². The molecule has 0 saturated carbocycles. The van der Waals surface area contributed by atoms with E-state index in [-0.39, 0.29) is 5.97 Å². The molecule has 0 amide bonds. The summed E-state index contributed by atoms with van der Waals surface area (Å²) in [7, 11) is 0. The van der Waals surface area contributed by atoms with E-state index in [1.165, 1.54) is 6.08 Å². The fraction of sp³-hybridized carbons (Fsp3) is 0.471. The van der Waals surface area contributed by atoms with Crippen LogP contribution in [0.4, 0.5) is 0 Å². The van der Waals surface area contributed by atoms with Gasteiger partial charge in [0.15, 0.2) is 0 Å². The maximum Gasteiger partial charge on any atom is 0.341 e. The van der Waals surface area contributed by atoms with Crippen LogP contribution in [-0.2, 0) is 9.53 Å². The Balaban J connectivity index is 2.02. The summed E-state index contributed by atoms with van der Waals surface area (Å²) in [6, 6.07) is 5.58. The molecular weight excluding hydrogens is 406 g/mol. The van der Waals surface area contributed by atoms with Crippen LogP contribution in [0.1, 0.15) is 44.1 Å². The minimum absolute atomic E-state index is 0.331. The van der Waals surface area contributed by atoms with Crippen LogP contribution in [-0.4, -0.2) is 18.6 Å². The van der Waals surface area contributed by atoms with Gasteiger partial charge in [0.1, 0.15) is 0 Å². The van der Waals surface area contributed by atoms with E-state index < -0.39 is 6.00 Å². The van der Waals surface area contributed by atoms with Gasteiger partial charge in [-0.2, -0.15) is 0 Å². The zero-order valence-electron chi connectivity index (χ0n) is 13.4. The Bertz CT molecular complexity index is 530. The molecule has 0 bridgehead atoms. The molecule has 1 aromatic carbocycles. The van der Waals surface area contributed by atoms with E-state index in [0.717, 1.165) is 50.1 Å². The SMILES string of the molecule is O=C(/C=C/c1cccc(Cl)c1)OCCCCCCCC[Si](Cl)(Cl)Cl. The summed E-state index contributed by atoms with van der Waals surface area (Å²) in [4.78, 5) is 11.6. The highest BCUT2D eigenvalue weighted by atomic mass is 35.8. The van der Waals surface area contributed by atoms with Crippen molar-refractivity contribution in [2.75, 3.05) is 6.61 Å². The zero-order chi connectivity index (χ0) is 17.8. The first-order valence-electron chi connectivity index (χ1n) is 8.04. The van der Waals surface area contributed by atoms with Crippen LogP contribution >= 0.6 is 44.8 Å². The van der Waals surface area contributed by atoms with Gasteiger partial charge in [0.25, 0.3) is 0 Å². The first kappa shape index (κ1) is 21.8. The van der Waals surface area contributed by atoms with Crippen molar-refractivity contribution in [1.82, 2.24) is 0 Å². The number of ether oxygens (including phenoxy) is 1. The Labute approximate surface area is 164 Å². The molecule has 0 aliphatic rings. The molecule has 1 rings (SSSR count). The molecule has 0 heterocycles. The number of unbranched alkanes of at least 4 members (excludes halogenated alkanes) is 5. The second kappa shape index (κ2) is 12.2. The van der Waals surface area contributed by atoms with Gasteiger partial charge in [0, 0.05) is 11.1 Å². The lowest BCUT2D eigenvalue weighted by atomic mass is 10.1. The number of hydrogen-bond donors (Lipinski definition) is 0. The average Bonchev–Trinajstić information content (AvgIpc) is 2.50. The molecule has 0 atom stereocenters. The number of carbonyl (C=O) groups is 1. The molecule has 0 aliphatic carbocycles. The van der Waals surface area contributed by atoms with Crippen LogP contribution in [0.2, 0.25) is 11.1 Å². The van der Waals surface area contributed by atoms with Gasteiger partial charge in [-0.3, -0.25) is 0 Å². The van der Waals surface area contributed by atoms with Crippen molar-refractivity contribution in [2.24, 2.45) is 0 Å². The van der Waals surface area contributed by atoms with Crippen LogP contribution in [0.5, 0.6) is 0 Å². The van der Waals surface area contributed by atoms with E-state index in [2.05, 4.69) is 0 Å². The lowest BCUT2D eigenvalue weighted by Crippen LogP contribution is -2.07. The number of halogens is 4. The molecular formula is C17H22Cl4O2Si. The van der Waals surface area contributed by atoms with E-state index in [9.17, 15) is 4.79 Å². The van der Waals surface area contributed by atoms with Crippen molar-refractivity contribution in [3.8, 4) is 0 Å². The molecule has 2 nitrogen and oxygen atoms in total. The predicted octanol–water partition coefficient (Wildman–Crippen LogP) is 6.89. The summed E-state index contributed by atoms with van der Waals surface area (Å²) >= 11 is 23.4. The Kier molecular flexibility index (Phi) is 11.1. The number of rotatable bonds is 11. The predicted molar refractivity (Wildman–Crippen MR) is 107 cm³/mol. The molecule has 7 heteroatoms. The Morgan fingerprint density at radius 2 is 1.71 bits per heavy atom. The van der Waals surface area contributed by atoms with Crippen LogP contribution in [0.15, 0.2) is 30.3 Å². The standard InChI is InChI=1S/C17H22Cl4O2Si/c18-16-9-7-8-15(14-16)10-11-17(22)23-12-5-3-1-2-4-6-13-24(19,20)21/h7-11,14H,1-6,12-13H2/b11-10+. The second-order valence-corrected chi connectivity index (χ2v) is 15.3. The van der Waals surface area contributed by atoms with Gasteiger partial charge in [-0.25, -0.2) is 4.79 Å². The summed E-state index contributed by atoms with van der Waals surface area (Å²) in [6.45, 7) is 0.444. The number of esters is 1. The largest absolute Gasteiger partial charge is 0.463 e. The second-order valence-electron chi connectivity index (χ2n) is 5.54. The topological polar surface area (TPSA) is 26.3 Å². The van der Waals surface area contributed by atoms with E-state index in [1.807, 2.05) is 12.1 Å². The lowest BCUT2D eigenvalue weighted by Gasteiger charge is -2.06. The minimum Gasteiger partial charge on any atom is -0.463 e. The minimum atomic E-state index is -2.44. The quantitative estimate of drug-likeness (QED) is 0.126. The molecule has 0 aromatic heterocycles. The number of carbonyl (C=O) groups excluding carboxylic acids is 1. The van der Waals surface area contributed by atoms with E-state index in [0.29, 0.717) is 11.6 Å². The highest BCUT2D eigenvalue weighted by molar-refractivity contribution is 7.64. The van der Waals surface area contributed by atoms with Crippen LogP contribution in [0, 0.1) is 0 Å². The summed E-state index contributed by atoms with van der Waals surface area (Å²) in [6.07, 6.45) is 9.32. The van der Waals surface area contributed by atoms with Crippen molar-refractivity contribution in [2.45, 2.75) is 44.6 Å². The Morgan fingerprint density at radius 1 is 1.04 bits per heavy atom. The van der Waals surface area contributed by atoms with Crippen molar-refractivity contribution in [1.29, 1.82) is 0 Å². The average molecular weight is 428 g/mol. The maximum atomic E-state index is 11.6. The molecule has 0 saturated heterocycles. The van der Waals surface area contributed by atoms with E-state index >= 15 is 0 Å². The summed E-state index contributed by atoms with van der Waals surface area (Å²) in [5.74, 6) is -0.331. The van der Waals surface area contributed by atoms with Gasteiger partial charge in [-0.15, -0.1) is 33.2 Å². The van der Waals surface area contributed by atoms with Crippen molar-refractivity contribution < 1.29 is 9.53 Å². The van der Waals surface area contributed by atoms with Crippen molar-refractivity contribution in [3.05, 3.63) is 40.9 Å². The number of benzene rings is 1. The lowest BCUT2D eigenvalue weighted by molar-refractivity contribution is -0.137. The van der Waals surface area contributed by atoms with Crippen LogP contribution < -0.4 is 0 Å². The Hall–Kier alpha value is -0.193. The van der Waals surface area contributed by atoms with Gasteiger partial charge in [0.05, 0.1) is 6.61 Å². The molecule has 1 aromatic rings. The van der Waals surface area contributed by atoms with Gasteiger partial charge in [0.2, 0.25) is 0 Å². The van der Waals surface area contributed by atoms with Crippen LogP contribution in [0.25, 0.3) is 6.08 Å². The summed E-state index contributed by atoms with van der Waals surface area (Å²) in [5.41, 5.74) is 0.873. The van der Waals surface area contributed by atoms with E-state index in [1.54, 1.807) is 18.2 Å². The molecule has 134 valence electrons. The highest BCUT2D eigenvalue weighted by Crippen LogP contribution is 2.27. The summed E-state index contributed by atoms with van der Waals surface area (Å²) in [5, 5.41) is 0.640. The van der Waals surface area contributed by atoms with Gasteiger partial charge in [-0.05, 0) is 36.2 Å². The van der Waals surface area contributed by atoms with Crippen molar-refractivity contribution in [3.63, 3.8) is 0 Å². The highest BCUT2D eigenvalue weighted by Gasteiger charge is 2.23. The third-order valence-electron chi connectivity index (χ3n) is 3.36.